The van der Waals surface area contributed by atoms with E-state index >= 15 is 0 Å². The van der Waals surface area contributed by atoms with Gasteiger partial charge in [0.2, 0.25) is 0 Å². The molecular weight excluding hydrogens is 284 g/mol. The van der Waals surface area contributed by atoms with Crippen LogP contribution in [0, 0.1) is 5.92 Å². The minimum absolute atomic E-state index is 0.368. The molecule has 3 N–H and O–H groups in total. The molecule has 0 saturated carbocycles. The molecule has 0 aliphatic carbocycles. The Morgan fingerprint density at radius 1 is 1.50 bits per heavy atom. The zero-order chi connectivity index (χ0) is 15.9. The fourth-order valence-corrected chi connectivity index (χ4v) is 2.72. The van der Waals surface area contributed by atoms with Gasteiger partial charge in [0.25, 0.3) is 0 Å². The SMILES string of the molecule is COCCN1CCC(CN(C(=O)O)c2ccc(N)nc2)CC1. The minimum Gasteiger partial charge on any atom is -0.465 e. The average molecular weight is 308 g/mol. The predicted octanol–water partition coefficient (Wildman–Crippen LogP) is 1.51. The molecule has 0 aromatic carbocycles. The number of likely N-dealkylation sites (tertiary alicyclic amines) is 1. The molecule has 1 aromatic heterocycles. The van der Waals surface area contributed by atoms with Gasteiger partial charge >= 0.3 is 6.09 Å². The fraction of sp³-hybridized carbons (Fsp3) is 0.600. The van der Waals surface area contributed by atoms with Crippen LogP contribution >= 0.6 is 0 Å². The first-order valence-electron chi connectivity index (χ1n) is 7.53. The van der Waals surface area contributed by atoms with Gasteiger partial charge in [-0.15, -0.1) is 0 Å². The third-order valence-corrected chi connectivity index (χ3v) is 4.07. The quantitative estimate of drug-likeness (QED) is 0.827. The summed E-state index contributed by atoms with van der Waals surface area (Å²) < 4.78 is 5.09. The maximum atomic E-state index is 11.5. The van der Waals surface area contributed by atoms with Crippen molar-refractivity contribution in [2.75, 3.05) is 50.5 Å². The van der Waals surface area contributed by atoms with E-state index in [1.54, 1.807) is 19.2 Å². The number of nitrogens with zero attached hydrogens (tertiary/aromatic N) is 3. The molecule has 122 valence electrons. The highest BCUT2D eigenvalue weighted by Gasteiger charge is 2.24. The second-order valence-electron chi connectivity index (χ2n) is 5.61. The summed E-state index contributed by atoms with van der Waals surface area (Å²) in [6.07, 6.45) is 2.55. The van der Waals surface area contributed by atoms with Crippen LogP contribution in [0.3, 0.4) is 0 Å². The van der Waals surface area contributed by atoms with Crippen molar-refractivity contribution in [2.45, 2.75) is 12.8 Å². The first-order valence-corrected chi connectivity index (χ1v) is 7.53. The Hall–Kier alpha value is -1.86. The zero-order valence-corrected chi connectivity index (χ0v) is 12.9. The summed E-state index contributed by atoms with van der Waals surface area (Å²) in [6.45, 7) is 4.15. The number of anilines is 2. The summed E-state index contributed by atoms with van der Waals surface area (Å²) in [5.74, 6) is 0.757. The van der Waals surface area contributed by atoms with E-state index in [4.69, 9.17) is 10.5 Å². The van der Waals surface area contributed by atoms with Crippen LogP contribution < -0.4 is 10.6 Å². The Balaban J connectivity index is 1.90. The number of hydrogen-bond donors (Lipinski definition) is 2. The van der Waals surface area contributed by atoms with Gasteiger partial charge in [-0.25, -0.2) is 9.78 Å². The highest BCUT2D eigenvalue weighted by molar-refractivity contribution is 5.85. The average Bonchev–Trinajstić information content (AvgIpc) is 2.52. The number of methoxy groups -OCH3 is 1. The molecule has 1 fully saturated rings. The lowest BCUT2D eigenvalue weighted by atomic mass is 9.96. The lowest BCUT2D eigenvalue weighted by molar-refractivity contribution is 0.121. The summed E-state index contributed by atoms with van der Waals surface area (Å²) >= 11 is 0. The number of pyridine rings is 1. The highest BCUT2D eigenvalue weighted by atomic mass is 16.5. The van der Waals surface area contributed by atoms with E-state index in [-0.39, 0.29) is 0 Å². The van der Waals surface area contributed by atoms with Crippen molar-refractivity contribution in [1.29, 1.82) is 0 Å². The molecule has 0 unspecified atom stereocenters. The largest absolute Gasteiger partial charge is 0.465 e. The first kappa shape index (κ1) is 16.5. The van der Waals surface area contributed by atoms with E-state index in [2.05, 4.69) is 9.88 Å². The molecule has 1 aliphatic rings. The molecule has 2 heterocycles. The number of nitrogens with two attached hydrogens (primary N) is 1. The molecule has 1 saturated heterocycles. The second-order valence-corrected chi connectivity index (χ2v) is 5.61. The predicted molar refractivity (Wildman–Crippen MR) is 85.1 cm³/mol. The molecule has 1 aromatic rings. The van der Waals surface area contributed by atoms with Crippen molar-refractivity contribution in [1.82, 2.24) is 9.88 Å². The molecule has 22 heavy (non-hydrogen) atoms. The van der Waals surface area contributed by atoms with Crippen LogP contribution in [0.1, 0.15) is 12.8 Å². The van der Waals surface area contributed by atoms with E-state index in [1.807, 2.05) is 0 Å². The number of carboxylic acid groups (broad SMARTS) is 1. The van der Waals surface area contributed by atoms with Crippen LogP contribution in [0.4, 0.5) is 16.3 Å². The van der Waals surface area contributed by atoms with Crippen LogP contribution in [0.2, 0.25) is 0 Å². The Morgan fingerprint density at radius 3 is 2.77 bits per heavy atom. The summed E-state index contributed by atoms with van der Waals surface area (Å²) in [6, 6.07) is 3.32. The molecule has 0 atom stereocenters. The van der Waals surface area contributed by atoms with Crippen molar-refractivity contribution < 1.29 is 14.6 Å². The summed E-state index contributed by atoms with van der Waals surface area (Å²) in [5, 5.41) is 9.43. The highest BCUT2D eigenvalue weighted by Crippen LogP contribution is 2.22. The summed E-state index contributed by atoms with van der Waals surface area (Å²) in [4.78, 5) is 19.2. The number of piperidine rings is 1. The standard InChI is InChI=1S/C15H24N4O3/c1-22-9-8-18-6-4-12(5-7-18)11-19(15(20)21)13-2-3-14(16)17-10-13/h2-3,10,12H,4-9,11H2,1H3,(H2,16,17)(H,20,21). The molecule has 1 aliphatic heterocycles. The number of aromatic nitrogens is 1. The molecule has 0 bridgehead atoms. The van der Waals surface area contributed by atoms with Gasteiger partial charge < -0.3 is 20.5 Å². The lowest BCUT2D eigenvalue weighted by Crippen LogP contribution is -2.41. The number of hydrogen-bond acceptors (Lipinski definition) is 5. The fourth-order valence-electron chi connectivity index (χ4n) is 2.72. The Morgan fingerprint density at radius 2 is 2.23 bits per heavy atom. The number of carbonyl (C=O) groups is 1. The monoisotopic (exact) mass is 308 g/mol. The van der Waals surface area contributed by atoms with Gasteiger partial charge in [0.1, 0.15) is 5.82 Å². The van der Waals surface area contributed by atoms with E-state index in [0.717, 1.165) is 39.1 Å². The second kappa shape index (κ2) is 7.95. The van der Waals surface area contributed by atoms with Gasteiger partial charge in [-0.3, -0.25) is 4.90 Å². The van der Waals surface area contributed by atoms with Crippen LogP contribution in [-0.4, -0.2) is 61.0 Å². The van der Waals surface area contributed by atoms with Gasteiger partial charge in [-0.1, -0.05) is 0 Å². The summed E-state index contributed by atoms with van der Waals surface area (Å²) in [5.41, 5.74) is 6.12. The normalized spacial score (nSPS) is 16.6. The van der Waals surface area contributed by atoms with Crippen LogP contribution in [0.5, 0.6) is 0 Å². The molecule has 1 amide bonds. The van der Waals surface area contributed by atoms with Gasteiger partial charge in [-0.2, -0.15) is 0 Å². The first-order chi connectivity index (χ1) is 10.6. The number of rotatable bonds is 6. The van der Waals surface area contributed by atoms with E-state index in [0.29, 0.717) is 24.0 Å². The van der Waals surface area contributed by atoms with Crippen LogP contribution in [-0.2, 0) is 4.74 Å². The van der Waals surface area contributed by atoms with Gasteiger partial charge in [-0.05, 0) is 44.0 Å². The van der Waals surface area contributed by atoms with Crippen LogP contribution in [0.25, 0.3) is 0 Å². The summed E-state index contributed by atoms with van der Waals surface area (Å²) in [7, 11) is 1.71. The van der Waals surface area contributed by atoms with Crippen LogP contribution in [0.15, 0.2) is 18.3 Å². The van der Waals surface area contributed by atoms with Crippen molar-refractivity contribution in [3.8, 4) is 0 Å². The Labute approximate surface area is 130 Å². The topological polar surface area (TPSA) is 91.9 Å². The van der Waals surface area contributed by atoms with Gasteiger partial charge in [0.05, 0.1) is 18.5 Å². The molecule has 2 rings (SSSR count). The molecule has 7 heteroatoms. The maximum Gasteiger partial charge on any atom is 0.411 e. The van der Waals surface area contributed by atoms with Crippen molar-refractivity contribution in [3.05, 3.63) is 18.3 Å². The molecular formula is C15H24N4O3. The zero-order valence-electron chi connectivity index (χ0n) is 12.9. The molecule has 0 spiro atoms. The Kier molecular flexibility index (Phi) is 5.97. The van der Waals surface area contributed by atoms with Gasteiger partial charge in [0.15, 0.2) is 0 Å². The Bertz CT molecular complexity index is 472. The van der Waals surface area contributed by atoms with Gasteiger partial charge in [0, 0.05) is 20.2 Å². The lowest BCUT2D eigenvalue weighted by Gasteiger charge is -2.33. The number of nitrogen functional groups attached to an aromatic ring is 1. The molecule has 7 nitrogen and oxygen atoms in total. The molecule has 0 radical (unpaired) electrons. The van der Waals surface area contributed by atoms with E-state index in [9.17, 15) is 9.90 Å². The third kappa shape index (κ3) is 4.57. The van der Waals surface area contributed by atoms with Crippen molar-refractivity contribution >= 4 is 17.6 Å². The smallest absolute Gasteiger partial charge is 0.411 e. The van der Waals surface area contributed by atoms with Crippen molar-refractivity contribution in [2.24, 2.45) is 5.92 Å². The number of amides is 1. The number of ether oxygens (including phenoxy) is 1. The minimum atomic E-state index is -0.951. The van der Waals surface area contributed by atoms with E-state index in [1.165, 1.54) is 11.1 Å². The van der Waals surface area contributed by atoms with Crippen molar-refractivity contribution in [3.63, 3.8) is 0 Å². The van der Waals surface area contributed by atoms with E-state index < -0.39 is 6.09 Å². The third-order valence-electron chi connectivity index (χ3n) is 4.07. The maximum absolute atomic E-state index is 11.5.